The predicted octanol–water partition coefficient (Wildman–Crippen LogP) is 2.55. The van der Waals surface area contributed by atoms with Crippen molar-refractivity contribution in [2.24, 2.45) is 0 Å². The summed E-state index contributed by atoms with van der Waals surface area (Å²) in [6.45, 7) is 3.78. The first-order chi connectivity index (χ1) is 13.7. The molecular weight excluding hydrogens is 381 g/mol. The Bertz CT molecular complexity index is 764. The van der Waals surface area contributed by atoms with Gasteiger partial charge in [-0.05, 0) is 37.1 Å². The van der Waals surface area contributed by atoms with E-state index in [0.717, 1.165) is 38.2 Å². The molecule has 0 spiro atoms. The number of benzene rings is 1. The van der Waals surface area contributed by atoms with E-state index in [1.165, 1.54) is 12.1 Å². The van der Waals surface area contributed by atoms with Gasteiger partial charge in [-0.15, -0.1) is 11.3 Å². The highest BCUT2D eigenvalue weighted by Crippen LogP contribution is 2.22. The SMILES string of the molecule is O=C1CO[C@H](COc2ccc(F)cc2)CN1C1CCN(Cc2cscn2)CC1. The first-order valence-electron chi connectivity index (χ1n) is 9.56. The van der Waals surface area contributed by atoms with Crippen molar-refractivity contribution < 1.29 is 18.7 Å². The zero-order valence-electron chi connectivity index (χ0n) is 15.6. The Kier molecular flexibility index (Phi) is 6.19. The van der Waals surface area contributed by atoms with Crippen molar-refractivity contribution in [1.82, 2.24) is 14.8 Å². The molecule has 28 heavy (non-hydrogen) atoms. The number of amides is 1. The van der Waals surface area contributed by atoms with Crippen molar-refractivity contribution in [2.45, 2.75) is 31.5 Å². The van der Waals surface area contributed by atoms with Crippen molar-refractivity contribution in [3.8, 4) is 5.75 Å². The van der Waals surface area contributed by atoms with E-state index in [1.807, 2.05) is 10.4 Å². The number of aromatic nitrogens is 1. The van der Waals surface area contributed by atoms with Gasteiger partial charge in [-0.3, -0.25) is 9.69 Å². The number of likely N-dealkylation sites (tertiary alicyclic amines) is 1. The highest BCUT2D eigenvalue weighted by molar-refractivity contribution is 7.07. The summed E-state index contributed by atoms with van der Waals surface area (Å²) in [5.41, 5.74) is 2.98. The molecule has 150 valence electrons. The van der Waals surface area contributed by atoms with Gasteiger partial charge in [0.25, 0.3) is 0 Å². The van der Waals surface area contributed by atoms with Gasteiger partial charge in [-0.1, -0.05) is 0 Å². The van der Waals surface area contributed by atoms with Crippen molar-refractivity contribution in [1.29, 1.82) is 0 Å². The number of hydrogen-bond donors (Lipinski definition) is 0. The third kappa shape index (κ3) is 4.87. The van der Waals surface area contributed by atoms with Gasteiger partial charge in [0.05, 0.1) is 17.7 Å². The van der Waals surface area contributed by atoms with Crippen LogP contribution in [0.25, 0.3) is 0 Å². The van der Waals surface area contributed by atoms with Crippen LogP contribution in [0, 0.1) is 5.82 Å². The molecule has 1 amide bonds. The van der Waals surface area contributed by atoms with Crippen LogP contribution >= 0.6 is 11.3 Å². The van der Waals surface area contributed by atoms with Gasteiger partial charge in [0.1, 0.15) is 30.9 Å². The minimum atomic E-state index is -0.292. The Morgan fingerprint density at radius 2 is 2.04 bits per heavy atom. The third-order valence-electron chi connectivity index (χ3n) is 5.28. The fourth-order valence-electron chi connectivity index (χ4n) is 3.75. The highest BCUT2D eigenvalue weighted by Gasteiger charge is 2.33. The topological polar surface area (TPSA) is 54.9 Å². The number of carbonyl (C=O) groups excluding carboxylic acids is 1. The average molecular weight is 405 g/mol. The number of halogens is 1. The third-order valence-corrected chi connectivity index (χ3v) is 5.91. The Morgan fingerprint density at radius 3 is 2.75 bits per heavy atom. The molecule has 0 aliphatic carbocycles. The molecule has 8 heteroatoms. The zero-order valence-corrected chi connectivity index (χ0v) is 16.4. The fourth-order valence-corrected chi connectivity index (χ4v) is 4.30. The summed E-state index contributed by atoms with van der Waals surface area (Å²) in [6.07, 6.45) is 1.75. The minimum Gasteiger partial charge on any atom is -0.491 e. The number of rotatable bonds is 6. The Hall–Kier alpha value is -2.03. The standard InChI is InChI=1S/C20H24FN3O3S/c21-15-1-3-18(4-2-15)26-11-19-10-24(20(25)12-27-19)17-5-7-23(8-6-17)9-16-13-28-14-22-16/h1-4,13-14,17,19H,5-12H2/t19-/m0/s1. The number of ether oxygens (including phenoxy) is 2. The highest BCUT2D eigenvalue weighted by atomic mass is 32.1. The van der Waals surface area contributed by atoms with Gasteiger partial charge in [-0.2, -0.15) is 0 Å². The van der Waals surface area contributed by atoms with E-state index in [-0.39, 0.29) is 30.5 Å². The molecule has 1 aromatic carbocycles. The first kappa shape index (κ1) is 19.3. The Labute approximate surface area is 167 Å². The lowest BCUT2D eigenvalue weighted by Gasteiger charge is -2.42. The summed E-state index contributed by atoms with van der Waals surface area (Å²) in [5, 5.41) is 2.09. The Balaban J connectivity index is 1.26. The molecular formula is C20H24FN3O3S. The molecule has 0 bridgehead atoms. The van der Waals surface area contributed by atoms with Crippen LogP contribution < -0.4 is 4.74 Å². The molecule has 2 fully saturated rings. The molecule has 3 heterocycles. The van der Waals surface area contributed by atoms with E-state index in [1.54, 1.807) is 23.5 Å². The first-order valence-corrected chi connectivity index (χ1v) is 10.5. The molecule has 4 rings (SSSR count). The molecule has 6 nitrogen and oxygen atoms in total. The number of piperidine rings is 1. The van der Waals surface area contributed by atoms with Crippen LogP contribution in [0.1, 0.15) is 18.5 Å². The molecule has 2 aliphatic rings. The molecule has 0 saturated carbocycles. The lowest BCUT2D eigenvalue weighted by atomic mass is 10.0. The number of morpholine rings is 1. The van der Waals surface area contributed by atoms with Gasteiger partial charge in [-0.25, -0.2) is 9.37 Å². The molecule has 1 aromatic heterocycles. The van der Waals surface area contributed by atoms with Crippen LogP contribution in [0.5, 0.6) is 5.75 Å². The lowest BCUT2D eigenvalue weighted by molar-refractivity contribution is -0.155. The van der Waals surface area contributed by atoms with Crippen LogP contribution in [0.3, 0.4) is 0 Å². The van der Waals surface area contributed by atoms with Crippen LogP contribution in [-0.2, 0) is 16.1 Å². The molecule has 0 N–H and O–H groups in total. The number of carbonyl (C=O) groups is 1. The van der Waals surface area contributed by atoms with Crippen molar-refractivity contribution in [3.63, 3.8) is 0 Å². The van der Waals surface area contributed by atoms with Crippen LogP contribution in [0.2, 0.25) is 0 Å². The van der Waals surface area contributed by atoms with Crippen LogP contribution in [0.15, 0.2) is 35.2 Å². The van der Waals surface area contributed by atoms with Gasteiger partial charge < -0.3 is 14.4 Å². The second kappa shape index (κ2) is 8.98. The molecule has 0 unspecified atom stereocenters. The second-order valence-electron chi connectivity index (χ2n) is 7.23. The monoisotopic (exact) mass is 405 g/mol. The summed E-state index contributed by atoms with van der Waals surface area (Å²) in [5.74, 6) is 0.360. The van der Waals surface area contributed by atoms with Gasteiger partial charge >= 0.3 is 0 Å². The maximum Gasteiger partial charge on any atom is 0.248 e. The van der Waals surface area contributed by atoms with Crippen molar-refractivity contribution >= 4 is 17.2 Å². The Morgan fingerprint density at radius 1 is 1.25 bits per heavy atom. The van der Waals surface area contributed by atoms with E-state index in [0.29, 0.717) is 18.9 Å². The molecule has 1 atom stereocenters. The van der Waals surface area contributed by atoms with Crippen molar-refractivity contribution in [3.05, 3.63) is 46.7 Å². The van der Waals surface area contributed by atoms with E-state index in [4.69, 9.17) is 9.47 Å². The van der Waals surface area contributed by atoms with E-state index < -0.39 is 0 Å². The smallest absolute Gasteiger partial charge is 0.248 e. The second-order valence-corrected chi connectivity index (χ2v) is 7.95. The minimum absolute atomic E-state index is 0.0518. The van der Waals surface area contributed by atoms with Gasteiger partial charge in [0.2, 0.25) is 5.91 Å². The van der Waals surface area contributed by atoms with Crippen molar-refractivity contribution in [2.75, 3.05) is 32.8 Å². The summed E-state index contributed by atoms with van der Waals surface area (Å²) in [4.78, 5) is 21.1. The van der Waals surface area contributed by atoms with Crippen LogP contribution in [-0.4, -0.2) is 65.7 Å². The van der Waals surface area contributed by atoms with E-state index in [2.05, 4.69) is 15.3 Å². The number of nitrogens with zero attached hydrogens (tertiary/aromatic N) is 3. The quantitative estimate of drug-likeness (QED) is 0.739. The maximum absolute atomic E-state index is 13.0. The van der Waals surface area contributed by atoms with Gasteiger partial charge in [0, 0.05) is 31.1 Å². The summed E-state index contributed by atoms with van der Waals surface area (Å²) in [7, 11) is 0. The molecule has 2 aliphatic heterocycles. The molecule has 2 saturated heterocycles. The van der Waals surface area contributed by atoms with E-state index in [9.17, 15) is 9.18 Å². The lowest BCUT2D eigenvalue weighted by Crippen LogP contribution is -2.55. The average Bonchev–Trinajstić information content (AvgIpc) is 3.22. The number of thiazole rings is 1. The summed E-state index contributed by atoms with van der Waals surface area (Å²) in [6, 6.07) is 6.17. The van der Waals surface area contributed by atoms with Gasteiger partial charge in [0.15, 0.2) is 0 Å². The maximum atomic E-state index is 13.0. The zero-order chi connectivity index (χ0) is 19.3. The summed E-state index contributed by atoms with van der Waals surface area (Å²) < 4.78 is 24.3. The van der Waals surface area contributed by atoms with E-state index >= 15 is 0 Å². The molecule has 2 aromatic rings. The normalized spacial score (nSPS) is 21.8. The molecule has 0 radical (unpaired) electrons. The summed E-state index contributed by atoms with van der Waals surface area (Å²) >= 11 is 1.62. The predicted molar refractivity (Wildman–Crippen MR) is 104 cm³/mol. The van der Waals surface area contributed by atoms with Crippen LogP contribution in [0.4, 0.5) is 4.39 Å². The fraction of sp³-hybridized carbons (Fsp3) is 0.500. The number of hydrogen-bond acceptors (Lipinski definition) is 6. The largest absolute Gasteiger partial charge is 0.491 e.